The Balaban J connectivity index is 1.47. The molecule has 4 aromatic rings. The van der Waals surface area contributed by atoms with Gasteiger partial charge in [0.05, 0.1) is 11.4 Å². The van der Waals surface area contributed by atoms with Crippen molar-refractivity contribution in [1.29, 1.82) is 0 Å². The van der Waals surface area contributed by atoms with E-state index in [1.54, 1.807) is 22.9 Å². The number of halogens is 1. The first-order chi connectivity index (χ1) is 19.0. The molecular weight excluding hydrogens is 491 g/mol. The molecule has 1 aromatic heterocycles. The van der Waals surface area contributed by atoms with Crippen LogP contribution in [0.25, 0.3) is 16.9 Å². The highest BCUT2D eigenvalue weighted by Gasteiger charge is 2.20. The number of nitrogens with one attached hydrogen (secondary N) is 1. The van der Waals surface area contributed by atoms with Crippen LogP contribution in [-0.2, 0) is 11.2 Å². The number of hydrogen-bond acceptors (Lipinski definition) is 3. The van der Waals surface area contributed by atoms with Crippen LogP contribution >= 0.6 is 0 Å². The highest BCUT2D eigenvalue weighted by Crippen LogP contribution is 2.25. The molecule has 0 saturated carbocycles. The molecule has 202 valence electrons. The highest BCUT2D eigenvalue weighted by atomic mass is 19.1. The standard InChI is InChI=1S/C32H35FN4O2/c1-3-5-6-8-11-24-14-16-26(17-15-24)32(39)36(4-2)23-31(38)34-30-22-29(25-12-9-7-10-13-25)35-37(30)28-20-18-27(33)19-21-28/h7,9-10,12-22H,3-6,8,11,23H2,1-2H3,(H,34,38). The van der Waals surface area contributed by atoms with Gasteiger partial charge in [-0.25, -0.2) is 9.07 Å². The molecule has 0 aliphatic rings. The third-order valence-electron chi connectivity index (χ3n) is 6.64. The summed E-state index contributed by atoms with van der Waals surface area (Å²) in [4.78, 5) is 27.8. The van der Waals surface area contributed by atoms with Gasteiger partial charge in [0.15, 0.2) is 0 Å². The van der Waals surface area contributed by atoms with Crippen LogP contribution < -0.4 is 5.32 Å². The minimum Gasteiger partial charge on any atom is -0.330 e. The molecule has 7 heteroatoms. The molecule has 0 radical (unpaired) electrons. The van der Waals surface area contributed by atoms with Crippen molar-refractivity contribution in [2.45, 2.75) is 46.0 Å². The number of anilines is 1. The number of unbranched alkanes of at least 4 members (excludes halogenated alkanes) is 3. The molecule has 39 heavy (non-hydrogen) atoms. The quantitative estimate of drug-likeness (QED) is 0.204. The van der Waals surface area contributed by atoms with E-state index in [1.165, 1.54) is 41.9 Å². The number of aryl methyl sites for hydroxylation is 1. The molecule has 0 fully saturated rings. The first-order valence-corrected chi connectivity index (χ1v) is 13.6. The van der Waals surface area contributed by atoms with Crippen LogP contribution in [-0.4, -0.2) is 39.6 Å². The van der Waals surface area contributed by atoms with Crippen molar-refractivity contribution in [3.8, 4) is 16.9 Å². The SMILES string of the molecule is CCCCCCc1ccc(C(=O)N(CC)CC(=O)Nc2cc(-c3ccccc3)nn2-c2ccc(F)cc2)cc1. The Kier molecular flexibility index (Phi) is 9.62. The zero-order valence-corrected chi connectivity index (χ0v) is 22.6. The third kappa shape index (κ3) is 7.41. The normalized spacial score (nSPS) is 10.8. The smallest absolute Gasteiger partial charge is 0.254 e. The number of likely N-dealkylation sites (N-methyl/N-ethyl adjacent to an activating group) is 1. The molecule has 0 aliphatic carbocycles. The number of benzene rings is 3. The molecule has 0 atom stereocenters. The van der Waals surface area contributed by atoms with Crippen LogP contribution in [0.1, 0.15) is 55.5 Å². The summed E-state index contributed by atoms with van der Waals surface area (Å²) in [5.74, 6) is -0.467. The third-order valence-corrected chi connectivity index (χ3v) is 6.64. The molecule has 2 amide bonds. The number of hydrogen-bond donors (Lipinski definition) is 1. The molecule has 0 spiro atoms. The molecular formula is C32H35FN4O2. The number of carbonyl (C=O) groups is 2. The maximum Gasteiger partial charge on any atom is 0.254 e. The second kappa shape index (κ2) is 13.5. The van der Waals surface area contributed by atoms with Crippen molar-refractivity contribution in [1.82, 2.24) is 14.7 Å². The van der Waals surface area contributed by atoms with Gasteiger partial charge in [0.2, 0.25) is 5.91 Å². The van der Waals surface area contributed by atoms with E-state index >= 15 is 0 Å². The molecule has 4 rings (SSSR count). The Bertz CT molecular complexity index is 1370. The monoisotopic (exact) mass is 526 g/mol. The largest absolute Gasteiger partial charge is 0.330 e. The zero-order chi connectivity index (χ0) is 27.6. The molecule has 0 bridgehead atoms. The minimum absolute atomic E-state index is 0.108. The van der Waals surface area contributed by atoms with Crippen molar-refractivity contribution in [2.75, 3.05) is 18.4 Å². The van der Waals surface area contributed by atoms with Crippen LogP contribution in [0.4, 0.5) is 10.2 Å². The fourth-order valence-electron chi connectivity index (χ4n) is 4.43. The lowest BCUT2D eigenvalue weighted by Gasteiger charge is -2.20. The van der Waals surface area contributed by atoms with E-state index in [4.69, 9.17) is 0 Å². The lowest BCUT2D eigenvalue weighted by atomic mass is 10.0. The van der Waals surface area contributed by atoms with Crippen LogP contribution in [0.3, 0.4) is 0 Å². The van der Waals surface area contributed by atoms with Crippen LogP contribution in [0.15, 0.2) is 84.9 Å². The molecule has 1 N–H and O–H groups in total. The van der Waals surface area contributed by atoms with Gasteiger partial charge < -0.3 is 10.2 Å². The average Bonchev–Trinajstić information content (AvgIpc) is 3.38. The summed E-state index contributed by atoms with van der Waals surface area (Å²) in [6.45, 7) is 4.33. The Labute approximate surface area is 229 Å². The maximum absolute atomic E-state index is 13.5. The lowest BCUT2D eigenvalue weighted by Crippen LogP contribution is -2.38. The van der Waals surface area contributed by atoms with Crippen molar-refractivity contribution < 1.29 is 14.0 Å². The number of amides is 2. The zero-order valence-electron chi connectivity index (χ0n) is 22.6. The maximum atomic E-state index is 13.5. The van der Waals surface area contributed by atoms with Gasteiger partial charge in [-0.15, -0.1) is 0 Å². The van der Waals surface area contributed by atoms with Crippen molar-refractivity contribution in [3.63, 3.8) is 0 Å². The van der Waals surface area contributed by atoms with E-state index in [9.17, 15) is 14.0 Å². The molecule has 0 unspecified atom stereocenters. The van der Waals surface area contributed by atoms with Crippen molar-refractivity contribution in [3.05, 3.63) is 102 Å². The second-order valence-electron chi connectivity index (χ2n) is 9.54. The van der Waals surface area contributed by atoms with Gasteiger partial charge in [-0.05, 0) is 61.7 Å². The summed E-state index contributed by atoms with van der Waals surface area (Å²) >= 11 is 0. The number of aromatic nitrogens is 2. The molecule has 6 nitrogen and oxygen atoms in total. The topological polar surface area (TPSA) is 67.2 Å². The summed E-state index contributed by atoms with van der Waals surface area (Å²) in [6.07, 6.45) is 5.80. The molecule has 1 heterocycles. The Morgan fingerprint density at radius 3 is 2.28 bits per heavy atom. The van der Waals surface area contributed by atoms with Gasteiger partial charge >= 0.3 is 0 Å². The lowest BCUT2D eigenvalue weighted by molar-refractivity contribution is -0.116. The van der Waals surface area contributed by atoms with Crippen LogP contribution in [0, 0.1) is 5.82 Å². The number of carbonyl (C=O) groups excluding carboxylic acids is 2. The fraction of sp³-hybridized carbons (Fsp3) is 0.281. The van der Waals surface area contributed by atoms with E-state index < -0.39 is 0 Å². The predicted molar refractivity (Wildman–Crippen MR) is 153 cm³/mol. The van der Waals surface area contributed by atoms with Gasteiger partial charge in [-0.1, -0.05) is 68.7 Å². The fourth-order valence-corrected chi connectivity index (χ4v) is 4.43. The first kappa shape index (κ1) is 27.8. The highest BCUT2D eigenvalue weighted by molar-refractivity contribution is 5.99. The van der Waals surface area contributed by atoms with Crippen molar-refractivity contribution in [2.24, 2.45) is 0 Å². The van der Waals surface area contributed by atoms with Gasteiger partial charge in [0, 0.05) is 23.7 Å². The second-order valence-corrected chi connectivity index (χ2v) is 9.54. The van der Waals surface area contributed by atoms with Crippen LogP contribution in [0.5, 0.6) is 0 Å². The summed E-state index contributed by atoms with van der Waals surface area (Å²) in [6, 6.07) is 24.9. The Morgan fingerprint density at radius 2 is 1.62 bits per heavy atom. The molecule has 0 aliphatic heterocycles. The summed E-state index contributed by atoms with van der Waals surface area (Å²) in [5.41, 5.74) is 3.92. The minimum atomic E-state index is -0.360. The number of rotatable bonds is 12. The first-order valence-electron chi connectivity index (χ1n) is 13.6. The summed E-state index contributed by atoms with van der Waals surface area (Å²) in [5, 5.41) is 7.56. The van der Waals surface area contributed by atoms with Gasteiger partial charge in [0.25, 0.3) is 5.91 Å². The van der Waals surface area contributed by atoms with Gasteiger partial charge in [-0.3, -0.25) is 9.59 Å². The summed E-state index contributed by atoms with van der Waals surface area (Å²) < 4.78 is 15.1. The van der Waals surface area contributed by atoms with E-state index in [-0.39, 0.29) is 24.2 Å². The van der Waals surface area contributed by atoms with E-state index in [2.05, 4.69) is 17.3 Å². The molecule has 0 saturated heterocycles. The Morgan fingerprint density at radius 1 is 0.897 bits per heavy atom. The van der Waals surface area contributed by atoms with Crippen LogP contribution in [0.2, 0.25) is 0 Å². The summed E-state index contributed by atoms with van der Waals surface area (Å²) in [7, 11) is 0. The van der Waals surface area contributed by atoms with E-state index in [0.717, 1.165) is 18.4 Å². The predicted octanol–water partition coefficient (Wildman–Crippen LogP) is 6.90. The van der Waals surface area contributed by atoms with E-state index in [0.29, 0.717) is 29.3 Å². The number of nitrogens with zero attached hydrogens (tertiary/aromatic N) is 3. The van der Waals surface area contributed by atoms with Gasteiger partial charge in [0.1, 0.15) is 18.2 Å². The Hall–Kier alpha value is -4.26. The van der Waals surface area contributed by atoms with Gasteiger partial charge in [-0.2, -0.15) is 5.10 Å². The molecule has 3 aromatic carbocycles. The van der Waals surface area contributed by atoms with E-state index in [1.807, 2.05) is 61.5 Å². The van der Waals surface area contributed by atoms with Crippen molar-refractivity contribution >= 4 is 17.6 Å². The average molecular weight is 527 g/mol.